The highest BCUT2D eigenvalue weighted by atomic mass is 14.9. The molecule has 1 aliphatic rings. The molecule has 0 aromatic heterocycles. The lowest BCUT2D eigenvalue weighted by Crippen LogP contribution is -2.21. The lowest BCUT2D eigenvalue weighted by Gasteiger charge is -2.25. The van der Waals surface area contributed by atoms with Crippen molar-refractivity contribution >= 4 is 5.71 Å². The van der Waals surface area contributed by atoms with Gasteiger partial charge in [0.05, 0.1) is 12.1 Å². The van der Waals surface area contributed by atoms with Crippen LogP contribution in [0.25, 0.3) is 0 Å². The second-order valence-electron chi connectivity index (χ2n) is 5.34. The van der Waals surface area contributed by atoms with Gasteiger partial charge in [-0.1, -0.05) is 60.7 Å². The summed E-state index contributed by atoms with van der Waals surface area (Å²) in [4.78, 5) is 4.92. The Morgan fingerprint density at radius 1 is 0.800 bits per heavy atom. The molecule has 2 N–H and O–H groups in total. The highest BCUT2D eigenvalue weighted by Gasteiger charge is 2.22. The molecule has 0 amide bonds. The van der Waals surface area contributed by atoms with Gasteiger partial charge in [0.15, 0.2) is 0 Å². The van der Waals surface area contributed by atoms with Gasteiger partial charge in [0.2, 0.25) is 0 Å². The summed E-state index contributed by atoms with van der Waals surface area (Å²) in [6.07, 6.45) is 3.52. The minimum atomic E-state index is -0.0910. The van der Waals surface area contributed by atoms with Crippen molar-refractivity contribution in [1.82, 2.24) is 0 Å². The van der Waals surface area contributed by atoms with Gasteiger partial charge in [0.1, 0.15) is 0 Å². The zero-order chi connectivity index (χ0) is 13.8. The van der Waals surface area contributed by atoms with E-state index in [0.29, 0.717) is 0 Å². The summed E-state index contributed by atoms with van der Waals surface area (Å²) in [5, 5.41) is 0. The third-order valence-electron chi connectivity index (χ3n) is 3.92. The van der Waals surface area contributed by atoms with E-state index in [4.69, 9.17) is 10.7 Å². The van der Waals surface area contributed by atoms with Crippen molar-refractivity contribution < 1.29 is 0 Å². The summed E-state index contributed by atoms with van der Waals surface area (Å²) in [5.41, 5.74) is 10.1. The van der Waals surface area contributed by atoms with Gasteiger partial charge in [-0.2, -0.15) is 0 Å². The topological polar surface area (TPSA) is 38.4 Å². The number of hydrogen-bond donors (Lipinski definition) is 1. The number of nitrogens with zero attached hydrogens (tertiary/aromatic N) is 1. The molecule has 2 nitrogen and oxygen atoms in total. The van der Waals surface area contributed by atoms with Crippen molar-refractivity contribution in [2.24, 2.45) is 10.7 Å². The summed E-state index contributed by atoms with van der Waals surface area (Å²) in [5.74, 6) is 0. The third kappa shape index (κ3) is 2.81. The van der Waals surface area contributed by atoms with E-state index in [0.717, 1.165) is 18.4 Å². The average molecular weight is 264 g/mol. The smallest absolute Gasteiger partial charge is 0.0940 e. The van der Waals surface area contributed by atoms with E-state index in [1.165, 1.54) is 17.7 Å². The first kappa shape index (κ1) is 13.1. The Hall–Kier alpha value is -1.93. The van der Waals surface area contributed by atoms with Gasteiger partial charge in [-0.3, -0.25) is 4.99 Å². The van der Waals surface area contributed by atoms with Crippen LogP contribution in [0.2, 0.25) is 0 Å². The van der Waals surface area contributed by atoms with Gasteiger partial charge in [-0.15, -0.1) is 0 Å². The highest BCUT2D eigenvalue weighted by Crippen LogP contribution is 2.32. The molecule has 0 heterocycles. The monoisotopic (exact) mass is 264 g/mol. The Balaban J connectivity index is 1.93. The summed E-state index contributed by atoms with van der Waals surface area (Å²) in [6, 6.07) is 20.6. The van der Waals surface area contributed by atoms with Gasteiger partial charge in [0, 0.05) is 5.71 Å². The average Bonchev–Trinajstić information content (AvgIpc) is 2.47. The Bertz CT molecular complexity index is 569. The molecule has 2 heteroatoms. The number of hydrogen-bond acceptors (Lipinski definition) is 2. The molecule has 0 unspecified atom stereocenters. The van der Waals surface area contributed by atoms with Gasteiger partial charge in [-0.05, 0) is 30.4 Å². The molecule has 0 spiro atoms. The molecule has 2 aromatic carbocycles. The molecule has 0 bridgehead atoms. The molecule has 2 aromatic rings. The highest BCUT2D eigenvalue weighted by molar-refractivity contribution is 5.89. The first-order valence-corrected chi connectivity index (χ1v) is 7.25. The fourth-order valence-electron chi connectivity index (χ4n) is 2.53. The van der Waals surface area contributed by atoms with Gasteiger partial charge in [0.25, 0.3) is 0 Å². The van der Waals surface area contributed by atoms with Gasteiger partial charge in [-0.25, -0.2) is 0 Å². The van der Waals surface area contributed by atoms with Crippen LogP contribution in [0, 0.1) is 0 Å². The maximum absolute atomic E-state index is 6.49. The van der Waals surface area contributed by atoms with Crippen LogP contribution in [0.15, 0.2) is 65.7 Å². The second kappa shape index (κ2) is 6.02. The van der Waals surface area contributed by atoms with E-state index in [-0.39, 0.29) is 12.1 Å². The normalized spacial score (nSPS) is 17.1. The maximum Gasteiger partial charge on any atom is 0.0940 e. The number of nitrogens with two attached hydrogens (primary N) is 1. The van der Waals surface area contributed by atoms with E-state index in [1.54, 1.807) is 0 Å². The van der Waals surface area contributed by atoms with Crippen LogP contribution < -0.4 is 5.73 Å². The molecule has 0 radical (unpaired) electrons. The first-order chi connectivity index (χ1) is 9.84. The molecule has 3 rings (SSSR count). The fourth-order valence-corrected chi connectivity index (χ4v) is 2.53. The summed E-state index contributed by atoms with van der Waals surface area (Å²) >= 11 is 0. The minimum absolute atomic E-state index is 0.0221. The fraction of sp³-hybridized carbons (Fsp3) is 0.278. The van der Waals surface area contributed by atoms with Crippen LogP contribution in [0.4, 0.5) is 0 Å². The molecular formula is C18H20N2. The summed E-state index contributed by atoms with van der Waals surface area (Å²) < 4.78 is 0. The van der Waals surface area contributed by atoms with E-state index >= 15 is 0 Å². The molecule has 102 valence electrons. The molecule has 0 aliphatic heterocycles. The number of rotatable bonds is 4. The van der Waals surface area contributed by atoms with E-state index in [2.05, 4.69) is 36.4 Å². The van der Waals surface area contributed by atoms with Crippen LogP contribution in [-0.2, 0) is 0 Å². The van der Waals surface area contributed by atoms with Crippen LogP contribution in [0.3, 0.4) is 0 Å². The predicted octanol–water partition coefficient (Wildman–Crippen LogP) is 4.05. The van der Waals surface area contributed by atoms with Crippen molar-refractivity contribution in [3.63, 3.8) is 0 Å². The van der Waals surface area contributed by atoms with Crippen LogP contribution in [0.5, 0.6) is 0 Å². The summed E-state index contributed by atoms with van der Waals surface area (Å²) in [6.45, 7) is 0. The summed E-state index contributed by atoms with van der Waals surface area (Å²) in [7, 11) is 0. The quantitative estimate of drug-likeness (QED) is 0.888. The van der Waals surface area contributed by atoms with Crippen LogP contribution in [0.1, 0.15) is 42.5 Å². The molecule has 1 fully saturated rings. The molecule has 1 saturated carbocycles. The third-order valence-corrected chi connectivity index (χ3v) is 3.92. The van der Waals surface area contributed by atoms with Crippen LogP contribution >= 0.6 is 0 Å². The zero-order valence-corrected chi connectivity index (χ0v) is 11.6. The molecule has 2 atom stereocenters. The molecule has 0 saturated heterocycles. The second-order valence-corrected chi connectivity index (χ2v) is 5.34. The van der Waals surface area contributed by atoms with Crippen molar-refractivity contribution in [2.75, 3.05) is 0 Å². The van der Waals surface area contributed by atoms with Crippen LogP contribution in [-0.4, -0.2) is 5.71 Å². The minimum Gasteiger partial charge on any atom is -0.322 e. The lowest BCUT2D eigenvalue weighted by molar-refractivity contribution is 0.568. The largest absolute Gasteiger partial charge is 0.322 e. The first-order valence-electron chi connectivity index (χ1n) is 7.25. The van der Waals surface area contributed by atoms with E-state index in [9.17, 15) is 0 Å². The van der Waals surface area contributed by atoms with Crippen molar-refractivity contribution in [1.29, 1.82) is 0 Å². The SMILES string of the molecule is N[C@H](c1ccccc1)[C@H](N=C1CCC1)c1ccccc1. The predicted molar refractivity (Wildman–Crippen MR) is 83.8 cm³/mol. The molecule has 1 aliphatic carbocycles. The number of benzene rings is 2. The number of aliphatic imine (C=N–C) groups is 1. The Morgan fingerprint density at radius 3 is 1.85 bits per heavy atom. The van der Waals surface area contributed by atoms with E-state index < -0.39 is 0 Å². The van der Waals surface area contributed by atoms with Crippen molar-refractivity contribution in [3.05, 3.63) is 71.8 Å². The van der Waals surface area contributed by atoms with Crippen molar-refractivity contribution in [3.8, 4) is 0 Å². The molecule has 20 heavy (non-hydrogen) atoms. The Kier molecular flexibility index (Phi) is 3.93. The standard InChI is InChI=1S/C18H20N2/c19-17(14-8-3-1-4-9-14)18(20-16-12-7-13-16)15-10-5-2-6-11-15/h1-6,8-11,17-18H,7,12-13,19H2/t17-,18-/m1/s1. The Morgan fingerprint density at radius 2 is 1.35 bits per heavy atom. The van der Waals surface area contributed by atoms with E-state index in [1.807, 2.05) is 24.3 Å². The van der Waals surface area contributed by atoms with Gasteiger partial charge >= 0.3 is 0 Å². The lowest BCUT2D eigenvalue weighted by atomic mass is 9.92. The Labute approximate surface area is 120 Å². The maximum atomic E-state index is 6.49. The molecular weight excluding hydrogens is 244 g/mol. The van der Waals surface area contributed by atoms with Crippen molar-refractivity contribution in [2.45, 2.75) is 31.3 Å². The van der Waals surface area contributed by atoms with Gasteiger partial charge < -0.3 is 5.73 Å². The zero-order valence-electron chi connectivity index (χ0n) is 11.6.